The number of piperidine rings is 1. The fraction of sp³-hybridized carbons (Fsp3) is 0.462. The molecule has 1 aliphatic heterocycles. The Labute approximate surface area is 208 Å². The van der Waals surface area contributed by atoms with E-state index in [1.807, 2.05) is 36.4 Å². The largest absolute Gasteiger partial charge is 0.370 e. The summed E-state index contributed by atoms with van der Waals surface area (Å²) >= 11 is 0. The van der Waals surface area contributed by atoms with Gasteiger partial charge in [0.2, 0.25) is 15.9 Å². The van der Waals surface area contributed by atoms with Gasteiger partial charge in [0.1, 0.15) is 6.04 Å². The van der Waals surface area contributed by atoms with Gasteiger partial charge < -0.3 is 16.4 Å². The fourth-order valence-electron chi connectivity index (χ4n) is 4.40. The number of hydrogen-bond donors (Lipinski definition) is 3. The van der Waals surface area contributed by atoms with Crippen molar-refractivity contribution < 1.29 is 13.2 Å². The van der Waals surface area contributed by atoms with Gasteiger partial charge >= 0.3 is 0 Å². The number of nitrogens with two attached hydrogens (primary N) is 2. The van der Waals surface area contributed by atoms with E-state index >= 15 is 0 Å². The predicted octanol–water partition coefficient (Wildman–Crippen LogP) is 2.73. The zero-order valence-electron chi connectivity index (χ0n) is 20.6. The Morgan fingerprint density at radius 2 is 1.69 bits per heavy atom. The van der Waals surface area contributed by atoms with Crippen molar-refractivity contribution in [3.05, 3.63) is 65.7 Å². The van der Waals surface area contributed by atoms with Crippen LogP contribution in [-0.4, -0.2) is 50.9 Å². The predicted molar refractivity (Wildman–Crippen MR) is 139 cm³/mol. The summed E-state index contributed by atoms with van der Waals surface area (Å²) in [6.45, 7) is 5.74. The van der Waals surface area contributed by atoms with Crippen LogP contribution in [0.4, 0.5) is 0 Å². The zero-order chi connectivity index (χ0) is 25.5. The molecule has 0 radical (unpaired) electrons. The highest BCUT2D eigenvalue weighted by atomic mass is 32.2. The van der Waals surface area contributed by atoms with Crippen LogP contribution in [0, 0.1) is 0 Å². The van der Waals surface area contributed by atoms with Gasteiger partial charge in [-0.2, -0.15) is 4.72 Å². The highest BCUT2D eigenvalue weighted by molar-refractivity contribution is 7.89. The maximum absolute atomic E-state index is 13.4. The van der Waals surface area contributed by atoms with Crippen molar-refractivity contribution >= 4 is 21.9 Å². The van der Waals surface area contributed by atoms with Crippen molar-refractivity contribution in [2.24, 2.45) is 16.5 Å². The molecule has 0 unspecified atom stereocenters. The molecule has 0 aliphatic carbocycles. The molecule has 1 aliphatic rings. The molecule has 2 aromatic carbocycles. The Bertz CT molecular complexity index is 1120. The second kappa shape index (κ2) is 11.7. The topological polar surface area (TPSA) is 131 Å². The van der Waals surface area contributed by atoms with Crippen LogP contribution in [0.2, 0.25) is 0 Å². The van der Waals surface area contributed by atoms with E-state index in [4.69, 9.17) is 11.5 Å². The zero-order valence-corrected chi connectivity index (χ0v) is 21.4. The molecule has 1 saturated heterocycles. The van der Waals surface area contributed by atoms with E-state index in [-0.39, 0.29) is 16.8 Å². The Morgan fingerprint density at radius 1 is 1.03 bits per heavy atom. The normalized spacial score (nSPS) is 15.4. The number of likely N-dealkylation sites (tertiary alicyclic amines) is 1. The lowest BCUT2D eigenvalue weighted by Gasteiger charge is -2.31. The Kier molecular flexibility index (Phi) is 8.91. The maximum atomic E-state index is 13.4. The molecule has 2 aromatic rings. The number of carbonyl (C=O) groups excluding carboxylic acids is 1. The van der Waals surface area contributed by atoms with Crippen LogP contribution in [0.1, 0.15) is 57.1 Å². The summed E-state index contributed by atoms with van der Waals surface area (Å²) in [6.07, 6.45) is 3.71. The van der Waals surface area contributed by atoms with Gasteiger partial charge in [-0.05, 0) is 55.4 Å². The molecule has 9 heteroatoms. The van der Waals surface area contributed by atoms with E-state index in [0.29, 0.717) is 32.5 Å². The number of rotatable bonds is 10. The molecule has 3 rings (SSSR count). The monoisotopic (exact) mass is 499 g/mol. The Morgan fingerprint density at radius 3 is 2.34 bits per heavy atom. The number of guanidine groups is 1. The molecule has 1 heterocycles. The molecule has 5 N–H and O–H groups in total. The molecule has 35 heavy (non-hydrogen) atoms. The van der Waals surface area contributed by atoms with Crippen LogP contribution in [0.5, 0.6) is 0 Å². The number of nitrogens with one attached hydrogen (secondary N) is 1. The van der Waals surface area contributed by atoms with Crippen LogP contribution in [-0.2, 0) is 20.2 Å². The SMILES string of the molecule is CC(C)(c1ccccc1)c1cccc(S(=O)(=O)N[C@@H](CCCN=C(N)N)C(=O)N2CCCCC2)c1. The molecule has 0 saturated carbocycles. The van der Waals surface area contributed by atoms with Crippen molar-refractivity contribution in [2.75, 3.05) is 19.6 Å². The molecule has 0 bridgehead atoms. The van der Waals surface area contributed by atoms with Crippen LogP contribution in [0.25, 0.3) is 0 Å². The standard InChI is InChI=1S/C26H37N5O3S/c1-26(2,20-11-5-3-6-12-20)21-13-9-14-22(19-21)35(33,34)30-23(15-10-16-29-25(27)28)24(32)31-17-7-4-8-18-31/h3,5-6,9,11-14,19,23,30H,4,7-8,10,15-18H2,1-2H3,(H4,27,28,29)/t23-/m0/s1. The highest BCUT2D eigenvalue weighted by Gasteiger charge is 2.31. The van der Waals surface area contributed by atoms with Gasteiger partial charge in [0.05, 0.1) is 4.90 Å². The molecule has 1 atom stereocenters. The van der Waals surface area contributed by atoms with Crippen LogP contribution in [0.3, 0.4) is 0 Å². The number of benzene rings is 2. The summed E-state index contributed by atoms with van der Waals surface area (Å²) in [7, 11) is -3.94. The summed E-state index contributed by atoms with van der Waals surface area (Å²) < 4.78 is 29.6. The van der Waals surface area contributed by atoms with Gasteiger partial charge in [-0.1, -0.05) is 56.3 Å². The van der Waals surface area contributed by atoms with Gasteiger partial charge in [-0.25, -0.2) is 8.42 Å². The summed E-state index contributed by atoms with van der Waals surface area (Å²) in [5.41, 5.74) is 12.4. The quantitative estimate of drug-likeness (QED) is 0.263. The van der Waals surface area contributed by atoms with Crippen molar-refractivity contribution in [2.45, 2.75) is 62.3 Å². The number of aliphatic imine (C=N–C) groups is 1. The average Bonchev–Trinajstić information content (AvgIpc) is 2.86. The molecule has 1 amide bonds. The summed E-state index contributed by atoms with van der Waals surface area (Å²) in [6, 6.07) is 16.0. The van der Waals surface area contributed by atoms with Gasteiger partial charge in [0, 0.05) is 25.0 Å². The second-order valence-electron chi connectivity index (χ2n) is 9.53. The van der Waals surface area contributed by atoms with Crippen molar-refractivity contribution in [1.82, 2.24) is 9.62 Å². The first-order chi connectivity index (χ1) is 16.6. The van der Waals surface area contributed by atoms with Crippen LogP contribution < -0.4 is 16.2 Å². The first-order valence-electron chi connectivity index (χ1n) is 12.1. The van der Waals surface area contributed by atoms with E-state index in [1.165, 1.54) is 0 Å². The molecular weight excluding hydrogens is 462 g/mol. The minimum Gasteiger partial charge on any atom is -0.370 e. The van der Waals surface area contributed by atoms with Crippen molar-refractivity contribution in [3.63, 3.8) is 0 Å². The molecular formula is C26H37N5O3S. The van der Waals surface area contributed by atoms with Crippen LogP contribution in [0.15, 0.2) is 64.5 Å². The Hall–Kier alpha value is -2.91. The molecule has 0 spiro atoms. The van der Waals surface area contributed by atoms with E-state index in [1.54, 1.807) is 23.1 Å². The van der Waals surface area contributed by atoms with E-state index in [0.717, 1.165) is 30.4 Å². The first kappa shape index (κ1) is 26.7. The molecule has 8 nitrogen and oxygen atoms in total. The molecule has 190 valence electrons. The number of nitrogens with zero attached hydrogens (tertiary/aromatic N) is 2. The minimum atomic E-state index is -3.94. The lowest BCUT2D eigenvalue weighted by Crippen LogP contribution is -2.50. The molecule has 1 fully saturated rings. The minimum absolute atomic E-state index is 0.0256. The van der Waals surface area contributed by atoms with Gasteiger partial charge in [0.25, 0.3) is 0 Å². The van der Waals surface area contributed by atoms with E-state index in [9.17, 15) is 13.2 Å². The van der Waals surface area contributed by atoms with Gasteiger partial charge in [-0.3, -0.25) is 9.79 Å². The lowest BCUT2D eigenvalue weighted by molar-refractivity contribution is -0.134. The van der Waals surface area contributed by atoms with Crippen LogP contribution >= 0.6 is 0 Å². The summed E-state index contributed by atoms with van der Waals surface area (Å²) in [5.74, 6) is -0.221. The Balaban J connectivity index is 1.84. The smallest absolute Gasteiger partial charge is 0.241 e. The first-order valence-corrected chi connectivity index (χ1v) is 13.6. The second-order valence-corrected chi connectivity index (χ2v) is 11.2. The highest BCUT2D eigenvalue weighted by Crippen LogP contribution is 2.32. The van der Waals surface area contributed by atoms with E-state index in [2.05, 4.69) is 23.6 Å². The summed E-state index contributed by atoms with van der Waals surface area (Å²) in [4.78, 5) is 19.1. The lowest BCUT2D eigenvalue weighted by atomic mass is 9.78. The summed E-state index contributed by atoms with van der Waals surface area (Å²) in [5, 5.41) is 0. The third-order valence-electron chi connectivity index (χ3n) is 6.57. The van der Waals surface area contributed by atoms with Gasteiger partial charge in [0.15, 0.2) is 5.96 Å². The van der Waals surface area contributed by atoms with E-state index < -0.39 is 21.5 Å². The molecule has 0 aromatic heterocycles. The number of hydrogen-bond acceptors (Lipinski definition) is 4. The third-order valence-corrected chi connectivity index (χ3v) is 8.04. The maximum Gasteiger partial charge on any atom is 0.241 e. The van der Waals surface area contributed by atoms with Gasteiger partial charge in [-0.15, -0.1) is 0 Å². The number of carbonyl (C=O) groups is 1. The average molecular weight is 500 g/mol. The third kappa shape index (κ3) is 7.05. The fourth-order valence-corrected chi connectivity index (χ4v) is 5.67. The number of amides is 1. The number of sulfonamides is 1. The van der Waals surface area contributed by atoms with Crippen molar-refractivity contribution in [3.8, 4) is 0 Å². The van der Waals surface area contributed by atoms with Crippen molar-refractivity contribution in [1.29, 1.82) is 0 Å².